The van der Waals surface area contributed by atoms with Gasteiger partial charge in [0.05, 0.1) is 11.3 Å². The number of halogens is 3. The summed E-state index contributed by atoms with van der Waals surface area (Å²) in [6.45, 7) is 3.33. The van der Waals surface area contributed by atoms with E-state index in [0.29, 0.717) is 0 Å². The van der Waals surface area contributed by atoms with E-state index in [9.17, 15) is 21.6 Å². The monoisotopic (exact) mass is 280 g/mol. The molecular weight excluding hydrogens is 265 g/mol. The first-order valence-electron chi connectivity index (χ1n) is 5.38. The van der Waals surface area contributed by atoms with Crippen LogP contribution in [0.25, 0.3) is 0 Å². The fourth-order valence-electron chi connectivity index (χ4n) is 1.74. The van der Waals surface area contributed by atoms with Gasteiger partial charge in [-0.3, -0.25) is 0 Å². The third kappa shape index (κ3) is 4.01. The smallest absolute Gasteiger partial charge is 0.229 e. The highest BCUT2D eigenvalue weighted by Gasteiger charge is 2.34. The molecule has 1 rings (SSSR count). The highest BCUT2D eigenvalue weighted by Crippen LogP contribution is 2.35. The van der Waals surface area contributed by atoms with Crippen LogP contribution >= 0.6 is 0 Å². The van der Waals surface area contributed by atoms with Crippen molar-refractivity contribution in [1.82, 2.24) is 0 Å². The maximum Gasteiger partial charge on any atom is 0.416 e. The molecule has 0 saturated heterocycles. The summed E-state index contributed by atoms with van der Waals surface area (Å²) in [7, 11) is -3.34. The van der Waals surface area contributed by atoms with Crippen LogP contribution in [0, 0.1) is 0 Å². The molecule has 0 N–H and O–H groups in total. The van der Waals surface area contributed by atoms with Gasteiger partial charge in [-0.2, -0.15) is 13.2 Å². The van der Waals surface area contributed by atoms with Crippen molar-refractivity contribution in [3.05, 3.63) is 34.9 Å². The number of hydrogen-bond acceptors (Lipinski definition) is 2. The minimum absolute atomic E-state index is 0.161. The number of rotatable bonds is 3. The number of hydrogen-bond donors (Lipinski definition) is 0. The summed E-state index contributed by atoms with van der Waals surface area (Å²) < 4.78 is 60.8. The molecule has 102 valence electrons. The number of alkyl halides is 3. The van der Waals surface area contributed by atoms with E-state index in [4.69, 9.17) is 0 Å². The van der Waals surface area contributed by atoms with Gasteiger partial charge in [0, 0.05) is 6.26 Å². The second-order valence-electron chi connectivity index (χ2n) is 4.64. The predicted molar refractivity (Wildman–Crippen MR) is 64.1 cm³/mol. The topological polar surface area (TPSA) is 34.1 Å². The Labute approximate surface area is 105 Å². The summed E-state index contributed by atoms with van der Waals surface area (Å²) in [6, 6.07) is 3.72. The molecule has 0 heterocycles. The molecule has 1 aromatic carbocycles. The Morgan fingerprint density at radius 3 is 2.17 bits per heavy atom. The Bertz CT molecular complexity index is 531. The minimum Gasteiger partial charge on any atom is -0.229 e. The molecule has 0 unspecified atom stereocenters. The van der Waals surface area contributed by atoms with E-state index in [1.807, 2.05) is 0 Å². The maximum atomic E-state index is 12.9. The van der Waals surface area contributed by atoms with Crippen LogP contribution in [0.1, 0.15) is 36.5 Å². The fraction of sp³-hybridized carbons (Fsp3) is 0.500. The van der Waals surface area contributed by atoms with Crippen LogP contribution in [0.5, 0.6) is 0 Å². The molecule has 0 atom stereocenters. The summed E-state index contributed by atoms with van der Waals surface area (Å²) in [4.78, 5) is 0. The zero-order valence-electron chi connectivity index (χ0n) is 10.4. The third-order valence-electron chi connectivity index (χ3n) is 2.47. The highest BCUT2D eigenvalue weighted by molar-refractivity contribution is 7.89. The Morgan fingerprint density at radius 2 is 1.78 bits per heavy atom. The molecule has 18 heavy (non-hydrogen) atoms. The lowest BCUT2D eigenvalue weighted by atomic mass is 9.95. The van der Waals surface area contributed by atoms with Crippen LogP contribution in [0.15, 0.2) is 18.2 Å². The molecule has 0 aromatic heterocycles. The van der Waals surface area contributed by atoms with E-state index in [2.05, 4.69) is 0 Å². The second kappa shape index (κ2) is 4.91. The molecule has 0 bridgehead atoms. The van der Waals surface area contributed by atoms with Crippen LogP contribution in [-0.4, -0.2) is 14.7 Å². The van der Waals surface area contributed by atoms with E-state index < -0.39 is 21.6 Å². The van der Waals surface area contributed by atoms with Gasteiger partial charge in [0.1, 0.15) is 0 Å². The van der Waals surface area contributed by atoms with Gasteiger partial charge in [-0.15, -0.1) is 0 Å². The fourth-order valence-corrected chi connectivity index (χ4v) is 2.53. The summed E-state index contributed by atoms with van der Waals surface area (Å²) in [6.07, 6.45) is -3.47. The van der Waals surface area contributed by atoms with Crippen LogP contribution in [-0.2, 0) is 21.8 Å². The molecule has 0 saturated carbocycles. The van der Waals surface area contributed by atoms with Gasteiger partial charge >= 0.3 is 6.18 Å². The van der Waals surface area contributed by atoms with Gasteiger partial charge in [-0.25, -0.2) is 8.42 Å². The van der Waals surface area contributed by atoms with Gasteiger partial charge in [-0.1, -0.05) is 26.0 Å². The van der Waals surface area contributed by atoms with E-state index in [1.54, 1.807) is 13.8 Å². The van der Waals surface area contributed by atoms with Crippen LogP contribution in [0.3, 0.4) is 0 Å². The molecule has 1 aromatic rings. The average Bonchev–Trinajstić information content (AvgIpc) is 2.13. The van der Waals surface area contributed by atoms with Crippen molar-refractivity contribution >= 4 is 9.84 Å². The van der Waals surface area contributed by atoms with Crippen molar-refractivity contribution in [3.63, 3.8) is 0 Å². The van der Waals surface area contributed by atoms with Gasteiger partial charge < -0.3 is 0 Å². The molecule has 2 nitrogen and oxygen atoms in total. The average molecular weight is 280 g/mol. The Morgan fingerprint density at radius 1 is 1.22 bits per heavy atom. The van der Waals surface area contributed by atoms with E-state index in [1.165, 1.54) is 12.1 Å². The lowest BCUT2D eigenvalue weighted by Crippen LogP contribution is -2.12. The highest BCUT2D eigenvalue weighted by atomic mass is 32.2. The molecule has 0 aliphatic rings. The van der Waals surface area contributed by atoms with Gasteiger partial charge in [0.25, 0.3) is 0 Å². The summed E-state index contributed by atoms with van der Waals surface area (Å²) in [5.74, 6) is -0.650. The van der Waals surface area contributed by atoms with Crippen molar-refractivity contribution in [3.8, 4) is 0 Å². The largest absolute Gasteiger partial charge is 0.416 e. The quantitative estimate of drug-likeness (QED) is 0.850. The Hall–Kier alpha value is -1.04. The van der Waals surface area contributed by atoms with Gasteiger partial charge in [0.15, 0.2) is 9.84 Å². The lowest BCUT2D eigenvalue weighted by molar-refractivity contribution is -0.138. The Kier molecular flexibility index (Phi) is 4.10. The molecular formula is C12H15F3O2S. The molecule has 0 aliphatic heterocycles. The van der Waals surface area contributed by atoms with Crippen molar-refractivity contribution in [2.75, 3.05) is 6.26 Å². The predicted octanol–water partition coefficient (Wildman–Crippen LogP) is 3.37. The normalized spacial score (nSPS) is 13.1. The van der Waals surface area contributed by atoms with Gasteiger partial charge in [0.2, 0.25) is 0 Å². The molecule has 0 fully saturated rings. The second-order valence-corrected chi connectivity index (χ2v) is 6.78. The van der Waals surface area contributed by atoms with Crippen LogP contribution in [0.2, 0.25) is 0 Å². The minimum atomic E-state index is -4.47. The first kappa shape index (κ1) is 15.0. The zero-order valence-corrected chi connectivity index (χ0v) is 11.2. The molecule has 0 amide bonds. The summed E-state index contributed by atoms with van der Waals surface area (Å²) in [5.41, 5.74) is -0.410. The van der Waals surface area contributed by atoms with Crippen LogP contribution in [0.4, 0.5) is 13.2 Å². The third-order valence-corrected chi connectivity index (χ3v) is 3.33. The van der Waals surface area contributed by atoms with Crippen molar-refractivity contribution in [1.29, 1.82) is 0 Å². The van der Waals surface area contributed by atoms with E-state index in [-0.39, 0.29) is 22.8 Å². The molecule has 0 aliphatic carbocycles. The van der Waals surface area contributed by atoms with Crippen molar-refractivity contribution in [2.45, 2.75) is 31.7 Å². The molecule has 0 spiro atoms. The molecule has 6 heteroatoms. The summed E-state index contributed by atoms with van der Waals surface area (Å²) in [5, 5.41) is 0. The molecule has 0 radical (unpaired) electrons. The van der Waals surface area contributed by atoms with E-state index >= 15 is 0 Å². The first-order valence-corrected chi connectivity index (χ1v) is 7.44. The Balaban J connectivity index is 3.31. The van der Waals surface area contributed by atoms with Gasteiger partial charge in [-0.05, 0) is 23.1 Å². The zero-order chi connectivity index (χ0) is 14.1. The SMILES string of the molecule is CC(C)c1ccc(CS(C)(=O)=O)cc1C(F)(F)F. The van der Waals surface area contributed by atoms with Crippen LogP contribution < -0.4 is 0 Å². The number of benzene rings is 1. The lowest BCUT2D eigenvalue weighted by Gasteiger charge is -2.16. The number of sulfone groups is 1. The van der Waals surface area contributed by atoms with E-state index in [0.717, 1.165) is 12.3 Å². The van der Waals surface area contributed by atoms with Crippen molar-refractivity contribution in [2.24, 2.45) is 0 Å². The van der Waals surface area contributed by atoms with Crippen molar-refractivity contribution < 1.29 is 21.6 Å². The maximum absolute atomic E-state index is 12.9. The first-order chi connectivity index (χ1) is 8.00. The summed E-state index contributed by atoms with van der Waals surface area (Å²) >= 11 is 0. The standard InChI is InChI=1S/C12H15F3O2S/c1-8(2)10-5-4-9(7-18(3,16)17)6-11(10)12(13,14)15/h4-6,8H,7H2,1-3H3.